The van der Waals surface area contributed by atoms with Crippen LogP contribution in [0.1, 0.15) is 159 Å². The Morgan fingerprint density at radius 1 is 0.454 bits per heavy atom. The van der Waals surface area contributed by atoms with Crippen LogP contribution < -0.4 is 70.0 Å². The van der Waals surface area contributed by atoms with Gasteiger partial charge < -0.3 is 80.2 Å². The van der Waals surface area contributed by atoms with Crippen LogP contribution in [0.2, 0.25) is 0 Å². The number of amides is 13. The minimum Gasteiger partial charge on any atom is -0.481 e. The van der Waals surface area contributed by atoms with Crippen LogP contribution >= 0.6 is 0 Å². The predicted octanol–water partition coefficient (Wildman–Crippen LogP) is 9.07. The van der Waals surface area contributed by atoms with Gasteiger partial charge in [0.15, 0.2) is 5.78 Å². The molecule has 13 amide bonds. The van der Waals surface area contributed by atoms with Crippen molar-refractivity contribution >= 4 is 111 Å². The highest BCUT2D eigenvalue weighted by atomic mass is 16.4. The topological polar surface area (TPSA) is 477 Å². The second-order valence-corrected chi connectivity index (χ2v) is 31.4. The van der Waals surface area contributed by atoms with Gasteiger partial charge in [0.2, 0.25) is 53.2 Å². The zero-order valence-electron chi connectivity index (χ0n) is 68.7. The second kappa shape index (κ2) is 47.4. The maximum absolute atomic E-state index is 13.6. The molecule has 8 unspecified atom stereocenters. The van der Waals surface area contributed by atoms with Crippen molar-refractivity contribution < 1.29 is 77.3 Å². The quantitative estimate of drug-likeness (QED) is 0.0172. The number of aliphatic carboxylic acids is 2. The van der Waals surface area contributed by atoms with Crippen molar-refractivity contribution in [2.24, 2.45) is 40.6 Å². The Morgan fingerprint density at radius 3 is 1.34 bits per heavy atom. The van der Waals surface area contributed by atoms with E-state index in [0.29, 0.717) is 36.3 Å². The number of aromatic nitrogens is 1. The van der Waals surface area contributed by atoms with E-state index in [0.717, 1.165) is 62.1 Å². The summed E-state index contributed by atoms with van der Waals surface area (Å²) in [5, 5.41) is 47.4. The zero-order chi connectivity index (χ0) is 86.9. The lowest BCUT2D eigenvalue weighted by molar-refractivity contribution is -0.140. The van der Waals surface area contributed by atoms with Gasteiger partial charge in [0.05, 0.1) is 25.3 Å². The number of hydrogen-bond acceptors (Lipinski definition) is 15. The van der Waals surface area contributed by atoms with Gasteiger partial charge in [0.1, 0.15) is 36.3 Å². The van der Waals surface area contributed by atoms with E-state index < -0.39 is 125 Å². The van der Waals surface area contributed by atoms with E-state index in [9.17, 15) is 72.2 Å². The molecule has 0 saturated carbocycles. The van der Waals surface area contributed by atoms with Crippen LogP contribution in [0.3, 0.4) is 0 Å². The van der Waals surface area contributed by atoms with Crippen molar-refractivity contribution in [2.45, 2.75) is 190 Å². The van der Waals surface area contributed by atoms with E-state index in [4.69, 9.17) is 16.6 Å². The fourth-order valence-corrected chi connectivity index (χ4v) is 12.9. The molecule has 30 nitrogen and oxygen atoms in total. The van der Waals surface area contributed by atoms with E-state index >= 15 is 0 Å². The lowest BCUT2D eigenvalue weighted by atomic mass is 9.78. The number of pyridine rings is 1. The van der Waals surface area contributed by atoms with E-state index in [1.54, 1.807) is 54.9 Å². The number of Topliss-reactive ketones (excluding diaryl/α,β-unsaturated/α-hetero) is 1. The maximum Gasteiger partial charge on any atom is 0.319 e. The molecule has 1 heterocycles. The number of aryl methyl sites for hydroxylation is 3. The highest BCUT2D eigenvalue weighted by Gasteiger charge is 2.37. The minimum absolute atomic E-state index is 0. The van der Waals surface area contributed by atoms with Gasteiger partial charge in [-0.2, -0.15) is 0 Å². The van der Waals surface area contributed by atoms with Crippen molar-refractivity contribution in [1.29, 1.82) is 0 Å². The second-order valence-electron chi connectivity index (χ2n) is 31.4. The van der Waals surface area contributed by atoms with Crippen molar-refractivity contribution in [2.75, 3.05) is 29.0 Å². The van der Waals surface area contributed by atoms with Crippen molar-refractivity contribution in [3.63, 3.8) is 0 Å². The summed E-state index contributed by atoms with van der Waals surface area (Å²) in [5.74, 6) is -9.30. The number of hydrogen-bond donors (Lipinski definition) is 15. The summed E-state index contributed by atoms with van der Waals surface area (Å²) >= 11 is 0. The Hall–Kier alpha value is -12.9. The first-order valence-corrected chi connectivity index (χ1v) is 39.2. The Morgan fingerprint density at radius 2 is 0.899 bits per heavy atom. The van der Waals surface area contributed by atoms with Crippen LogP contribution in [0.25, 0.3) is 11.1 Å². The number of anilines is 3. The molecule has 0 spiro atoms. The number of carboxylic acid groups (broad SMARTS) is 2. The first-order chi connectivity index (χ1) is 55.8. The van der Waals surface area contributed by atoms with Crippen molar-refractivity contribution in [3.05, 3.63) is 203 Å². The minimum atomic E-state index is -1.50. The predicted molar refractivity (Wildman–Crippen MR) is 456 cm³/mol. The number of carbonyl (C=O) groups is 14. The van der Waals surface area contributed by atoms with Crippen LogP contribution in [0, 0.1) is 49.9 Å². The number of allylic oxidation sites excluding steroid dienone is 2. The largest absolute Gasteiger partial charge is 0.481 e. The molecule has 2 aliphatic carbocycles. The molecule has 0 fully saturated rings. The normalized spacial score (nSPS) is 13.7. The van der Waals surface area contributed by atoms with Crippen LogP contribution in [-0.4, -0.2) is 147 Å². The smallest absolute Gasteiger partial charge is 0.319 e. The highest BCUT2D eigenvalue weighted by molar-refractivity contribution is 6.00. The summed E-state index contributed by atoms with van der Waals surface area (Å²) in [6, 6.07) is 33.1. The standard InChI is InChI=1S/C33H42N6O7.C29H36N4O5.C26H34N4O4.CH4/c1-18(2)15-26(38-30(43)20(4)35-33(46)36-23-13-9-19(3)10-14-23)31(44)39-27(32(45)37-25(29(34)42)17-28(40)41)16-22-12-11-21-7-5-6-8-24(21)22;1-18(2)16-24(33-29(38)31-22-12-8-19(3)9-13-22)28(37)32-25(27(36)30-15-14-26(34)35)17-21-11-10-20-6-4-5-7-23(20)21;1-17-7-9-20(10-8-17)30-23(32)14-22(26(2,3)4)25(34)29-16-21(31)13-19(24(27)33)12-18-6-5-11-28-15-18;/h5-10,12-14,18,20,25-27H,11,15-17H2,1-4H3,(H2,34,42)(H,37,45)(H,38,43)(H,39,44)(H,40,41)(H2,35,36,46);4-9,11-13,18,24-25H,10,14-17H2,1-3H3,(H,30,36)(H,32,37)(H,34,35)(H2,31,33,38);5-11,15,19,22H,12-14,16H2,1-4H3,(H2,27,33)(H,29,34)(H,30,32);1H4. The fourth-order valence-electron chi connectivity index (χ4n) is 12.9. The number of nitrogens with two attached hydrogens (primary N) is 2. The number of benzene rings is 5. The van der Waals surface area contributed by atoms with Crippen molar-refractivity contribution in [1.82, 2.24) is 47.5 Å². The van der Waals surface area contributed by atoms with Gasteiger partial charge in [-0.15, -0.1) is 0 Å². The molecule has 638 valence electrons. The summed E-state index contributed by atoms with van der Waals surface area (Å²) in [7, 11) is 0. The Bertz CT molecular complexity index is 4580. The number of ketones is 1. The third-order valence-corrected chi connectivity index (χ3v) is 19.3. The molecule has 30 heteroatoms. The van der Waals surface area contributed by atoms with Gasteiger partial charge in [-0.05, 0) is 158 Å². The van der Waals surface area contributed by atoms with E-state index in [2.05, 4.69) is 63.5 Å². The molecule has 0 saturated heterocycles. The van der Waals surface area contributed by atoms with Gasteiger partial charge in [0, 0.05) is 67.6 Å². The Labute approximate surface area is 695 Å². The van der Waals surface area contributed by atoms with Crippen LogP contribution in [0.5, 0.6) is 0 Å². The van der Waals surface area contributed by atoms with Gasteiger partial charge >= 0.3 is 24.0 Å². The van der Waals surface area contributed by atoms with Crippen LogP contribution in [0.4, 0.5) is 26.7 Å². The first-order valence-electron chi connectivity index (χ1n) is 39.2. The summed E-state index contributed by atoms with van der Waals surface area (Å²) in [5.41, 5.74) is 21.9. The summed E-state index contributed by atoms with van der Waals surface area (Å²) in [6.45, 7) is 20.2. The Kier molecular flexibility index (Phi) is 38.5. The number of carbonyl (C=O) groups excluding carboxylic acids is 12. The molecule has 0 aliphatic heterocycles. The monoisotopic (exact) mass is 1640 g/mol. The molecule has 1 aromatic heterocycles. The van der Waals surface area contributed by atoms with E-state index in [-0.39, 0.29) is 88.5 Å². The number of fused-ring (bicyclic) bond motifs is 2. The third-order valence-electron chi connectivity index (χ3n) is 19.3. The molecule has 8 atom stereocenters. The molecule has 2 aliphatic rings. The molecule has 5 aromatic carbocycles. The van der Waals surface area contributed by atoms with Crippen LogP contribution in [-0.2, 0) is 76.8 Å². The number of nitrogens with zero attached hydrogens (tertiary/aromatic N) is 1. The van der Waals surface area contributed by atoms with E-state index in [1.165, 1.54) is 6.92 Å². The van der Waals surface area contributed by atoms with Gasteiger partial charge in [-0.3, -0.25) is 62.5 Å². The lowest BCUT2D eigenvalue weighted by Gasteiger charge is -2.29. The molecule has 17 N–H and O–H groups in total. The number of nitrogens with one attached hydrogen (secondary N) is 11. The van der Waals surface area contributed by atoms with E-state index in [1.807, 2.05) is 172 Å². The summed E-state index contributed by atoms with van der Waals surface area (Å²) in [4.78, 5) is 180. The van der Waals surface area contributed by atoms with Gasteiger partial charge in [-0.25, -0.2) is 9.59 Å². The van der Waals surface area contributed by atoms with Gasteiger partial charge in [-0.1, -0.05) is 176 Å². The first kappa shape index (κ1) is 96.7. The number of primary amides is 2. The van der Waals surface area contributed by atoms with Gasteiger partial charge in [0.25, 0.3) is 0 Å². The average molecular weight is 1640 g/mol. The Balaban J connectivity index is 0.000000320. The molecule has 6 aromatic rings. The number of urea groups is 2. The van der Waals surface area contributed by atoms with Crippen molar-refractivity contribution in [3.8, 4) is 0 Å². The summed E-state index contributed by atoms with van der Waals surface area (Å²) < 4.78 is 0. The molecule has 119 heavy (non-hydrogen) atoms. The number of rotatable bonds is 38. The number of carboxylic acids is 2. The molecule has 8 rings (SSSR count). The molecule has 0 radical (unpaired) electrons. The van der Waals surface area contributed by atoms with Crippen LogP contribution in [0.15, 0.2) is 158 Å². The molecule has 0 bridgehead atoms. The molecular weight excluding hydrogens is 1520 g/mol. The molecular formula is C89H116N14O16. The third kappa shape index (κ3) is 33.7. The fraction of sp³-hybridized carbons (Fsp3) is 0.404. The lowest BCUT2D eigenvalue weighted by Crippen LogP contribution is -2.58. The zero-order valence-corrected chi connectivity index (χ0v) is 68.7. The highest BCUT2D eigenvalue weighted by Crippen LogP contribution is 2.33. The summed E-state index contributed by atoms with van der Waals surface area (Å²) in [6.07, 6.45) is 8.66. The maximum atomic E-state index is 13.6. The SMILES string of the molecule is C.Cc1ccc(NC(=O)CC(C(=O)NCC(=O)CC(Cc2cccnc2)C(N)=O)C(C)(C)C)cc1.Cc1ccc(NC(=O)NC(C)C(=O)NC(CC(C)C)C(=O)NC(CC2=CCc3ccccc32)C(=O)NC(CC(=O)O)C(N)=O)cc1.Cc1ccc(NC(=O)NC(CC(C)C)C(=O)NC(CC2=CCc3ccccc32)C(=O)NCCC(=O)O)cc1. The average Bonchev–Trinajstić information content (AvgIpc) is 1.69.